The normalized spacial score (nSPS) is 25.4. The van der Waals surface area contributed by atoms with Crippen LogP contribution in [-0.2, 0) is 9.47 Å². The molecule has 0 saturated carbocycles. The molecule has 0 aromatic carbocycles. The number of hydrogen-bond donors (Lipinski definition) is 0. The van der Waals surface area contributed by atoms with Gasteiger partial charge in [0.1, 0.15) is 0 Å². The third-order valence-electron chi connectivity index (χ3n) is 2.25. The minimum Gasteiger partial charge on any atom is -0.347 e. The zero-order chi connectivity index (χ0) is 8.32. The van der Waals surface area contributed by atoms with Gasteiger partial charge in [-0.25, -0.2) is 0 Å². The molecule has 1 rings (SSSR count). The topological polar surface area (TPSA) is 18.5 Å². The molecular formula is C8H15ClO2. The Morgan fingerprint density at radius 2 is 2.00 bits per heavy atom. The largest absolute Gasteiger partial charge is 0.347 e. The van der Waals surface area contributed by atoms with E-state index in [4.69, 9.17) is 21.1 Å². The number of alkyl halides is 1. The molecule has 1 heterocycles. The minimum atomic E-state index is -0.387. The predicted octanol–water partition coefficient (Wildman–Crippen LogP) is 2.01. The zero-order valence-electron chi connectivity index (χ0n) is 7.10. The Morgan fingerprint density at radius 1 is 1.45 bits per heavy atom. The van der Waals surface area contributed by atoms with Crippen molar-refractivity contribution >= 4 is 11.6 Å². The summed E-state index contributed by atoms with van der Waals surface area (Å²) in [5, 5.41) is 0. The Bertz CT molecular complexity index is 121. The van der Waals surface area contributed by atoms with Crippen LogP contribution in [0.4, 0.5) is 0 Å². The molecular weight excluding hydrogens is 164 g/mol. The molecule has 66 valence electrons. The Kier molecular flexibility index (Phi) is 3.16. The fourth-order valence-corrected chi connectivity index (χ4v) is 1.66. The van der Waals surface area contributed by atoms with Crippen LogP contribution in [0.3, 0.4) is 0 Å². The summed E-state index contributed by atoms with van der Waals surface area (Å²) in [5.41, 5.74) is 0. The van der Waals surface area contributed by atoms with Gasteiger partial charge in [0.2, 0.25) is 0 Å². The number of halogens is 1. The lowest BCUT2D eigenvalue weighted by molar-refractivity contribution is -0.188. The Labute approximate surface area is 72.8 Å². The van der Waals surface area contributed by atoms with E-state index in [1.165, 1.54) is 0 Å². The molecule has 0 amide bonds. The van der Waals surface area contributed by atoms with E-state index < -0.39 is 0 Å². The summed E-state index contributed by atoms with van der Waals surface area (Å²) >= 11 is 5.74. The highest BCUT2D eigenvalue weighted by Gasteiger charge is 2.39. The van der Waals surface area contributed by atoms with Crippen molar-refractivity contribution in [2.45, 2.75) is 26.1 Å². The van der Waals surface area contributed by atoms with Gasteiger partial charge in [0, 0.05) is 11.8 Å². The van der Waals surface area contributed by atoms with Gasteiger partial charge in [-0.2, -0.15) is 0 Å². The molecule has 3 heteroatoms. The lowest BCUT2D eigenvalue weighted by atomic mass is 10.0. The van der Waals surface area contributed by atoms with Crippen molar-refractivity contribution in [3.63, 3.8) is 0 Å². The maximum atomic E-state index is 5.74. The Morgan fingerprint density at radius 3 is 2.36 bits per heavy atom. The predicted molar refractivity (Wildman–Crippen MR) is 44.8 cm³/mol. The fraction of sp³-hybridized carbons (Fsp3) is 1.00. The first-order chi connectivity index (χ1) is 5.25. The third kappa shape index (κ3) is 1.68. The van der Waals surface area contributed by atoms with Crippen molar-refractivity contribution in [3.8, 4) is 0 Å². The van der Waals surface area contributed by atoms with Crippen LogP contribution in [0.5, 0.6) is 0 Å². The van der Waals surface area contributed by atoms with Gasteiger partial charge in [0.15, 0.2) is 5.79 Å². The maximum Gasteiger partial charge on any atom is 0.171 e. The number of rotatable bonds is 3. The molecule has 1 saturated heterocycles. The monoisotopic (exact) mass is 178 g/mol. The molecule has 0 aromatic rings. The van der Waals surface area contributed by atoms with Crippen molar-refractivity contribution in [1.82, 2.24) is 0 Å². The summed E-state index contributed by atoms with van der Waals surface area (Å²) in [6, 6.07) is 0. The van der Waals surface area contributed by atoms with E-state index in [1.54, 1.807) is 0 Å². The molecule has 2 nitrogen and oxygen atoms in total. The molecule has 0 aliphatic carbocycles. The molecule has 11 heavy (non-hydrogen) atoms. The van der Waals surface area contributed by atoms with Crippen molar-refractivity contribution in [2.75, 3.05) is 19.1 Å². The fourth-order valence-electron chi connectivity index (χ4n) is 1.43. The van der Waals surface area contributed by atoms with Gasteiger partial charge in [-0.15, -0.1) is 11.6 Å². The molecule has 0 spiro atoms. The molecule has 1 aliphatic rings. The van der Waals surface area contributed by atoms with Crippen LogP contribution < -0.4 is 0 Å². The third-order valence-corrected chi connectivity index (χ3v) is 2.71. The lowest BCUT2D eigenvalue weighted by Crippen LogP contribution is -2.37. The number of ether oxygens (including phenoxy) is 2. The second-order valence-electron chi connectivity index (χ2n) is 2.92. The SMILES string of the molecule is CCC1(C(C)CCl)OCCO1. The first kappa shape index (κ1) is 9.30. The highest BCUT2D eigenvalue weighted by Crippen LogP contribution is 2.31. The van der Waals surface area contributed by atoms with E-state index in [2.05, 4.69) is 13.8 Å². The molecule has 1 aliphatic heterocycles. The second-order valence-corrected chi connectivity index (χ2v) is 3.23. The molecule has 0 radical (unpaired) electrons. The molecule has 0 aromatic heterocycles. The Hall–Kier alpha value is 0.210. The second kappa shape index (κ2) is 3.74. The zero-order valence-corrected chi connectivity index (χ0v) is 7.86. The summed E-state index contributed by atoms with van der Waals surface area (Å²) in [6.45, 7) is 5.53. The van der Waals surface area contributed by atoms with Gasteiger partial charge in [0.25, 0.3) is 0 Å². The average molecular weight is 179 g/mol. The average Bonchev–Trinajstić information content (AvgIpc) is 2.52. The van der Waals surface area contributed by atoms with Gasteiger partial charge in [-0.1, -0.05) is 13.8 Å². The summed E-state index contributed by atoms with van der Waals surface area (Å²) in [4.78, 5) is 0. The molecule has 1 unspecified atom stereocenters. The summed E-state index contributed by atoms with van der Waals surface area (Å²) < 4.78 is 11.1. The van der Waals surface area contributed by atoms with Crippen LogP contribution in [-0.4, -0.2) is 24.9 Å². The summed E-state index contributed by atoms with van der Waals surface area (Å²) in [7, 11) is 0. The number of hydrogen-bond acceptors (Lipinski definition) is 2. The van der Waals surface area contributed by atoms with E-state index in [-0.39, 0.29) is 11.7 Å². The van der Waals surface area contributed by atoms with Crippen molar-refractivity contribution in [2.24, 2.45) is 5.92 Å². The lowest BCUT2D eigenvalue weighted by Gasteiger charge is -2.31. The highest BCUT2D eigenvalue weighted by atomic mass is 35.5. The quantitative estimate of drug-likeness (QED) is 0.616. The first-order valence-corrected chi connectivity index (χ1v) is 4.62. The summed E-state index contributed by atoms with van der Waals surface area (Å²) in [5.74, 6) is 0.479. The van der Waals surface area contributed by atoms with Gasteiger partial charge in [0.05, 0.1) is 13.2 Å². The first-order valence-electron chi connectivity index (χ1n) is 4.09. The summed E-state index contributed by atoms with van der Waals surface area (Å²) in [6.07, 6.45) is 0.876. The maximum absolute atomic E-state index is 5.74. The van der Waals surface area contributed by atoms with Crippen molar-refractivity contribution in [1.29, 1.82) is 0 Å². The van der Waals surface area contributed by atoms with E-state index in [9.17, 15) is 0 Å². The van der Waals surface area contributed by atoms with E-state index >= 15 is 0 Å². The van der Waals surface area contributed by atoms with Gasteiger partial charge >= 0.3 is 0 Å². The van der Waals surface area contributed by atoms with E-state index in [1.807, 2.05) is 0 Å². The standard InChI is InChI=1S/C8H15ClO2/c1-3-8(7(2)6-9)10-4-5-11-8/h7H,3-6H2,1-2H3. The smallest absolute Gasteiger partial charge is 0.171 e. The van der Waals surface area contributed by atoms with Crippen LogP contribution in [0, 0.1) is 5.92 Å². The van der Waals surface area contributed by atoms with Crippen LogP contribution in [0.1, 0.15) is 20.3 Å². The van der Waals surface area contributed by atoms with E-state index in [0.29, 0.717) is 19.1 Å². The molecule has 1 fully saturated rings. The van der Waals surface area contributed by atoms with Crippen LogP contribution in [0.25, 0.3) is 0 Å². The van der Waals surface area contributed by atoms with Crippen LogP contribution >= 0.6 is 11.6 Å². The van der Waals surface area contributed by atoms with Gasteiger partial charge in [-0.3, -0.25) is 0 Å². The Balaban J connectivity index is 2.58. The van der Waals surface area contributed by atoms with Crippen LogP contribution in [0.2, 0.25) is 0 Å². The molecule has 0 bridgehead atoms. The molecule has 1 atom stereocenters. The van der Waals surface area contributed by atoms with Gasteiger partial charge in [-0.05, 0) is 6.42 Å². The van der Waals surface area contributed by atoms with Crippen molar-refractivity contribution < 1.29 is 9.47 Å². The van der Waals surface area contributed by atoms with Crippen molar-refractivity contribution in [3.05, 3.63) is 0 Å². The van der Waals surface area contributed by atoms with E-state index in [0.717, 1.165) is 6.42 Å². The molecule has 0 N–H and O–H groups in total. The van der Waals surface area contributed by atoms with Crippen LogP contribution in [0.15, 0.2) is 0 Å². The minimum absolute atomic E-state index is 0.275. The van der Waals surface area contributed by atoms with Gasteiger partial charge < -0.3 is 9.47 Å². The highest BCUT2D eigenvalue weighted by molar-refractivity contribution is 6.18.